The molecule has 1 unspecified atom stereocenters. The van der Waals surface area contributed by atoms with E-state index in [0.29, 0.717) is 6.42 Å². The Balaban J connectivity index is 2.71. The molecule has 0 radical (unpaired) electrons. The molecule has 0 saturated carbocycles. The summed E-state index contributed by atoms with van der Waals surface area (Å²) in [6.07, 6.45) is -0.573. The molecule has 0 fully saturated rings. The average molecular weight is 361 g/mol. The Hall–Kier alpha value is -2.26. The molecule has 1 rings (SSSR count). The van der Waals surface area contributed by atoms with Crippen LogP contribution in [0.3, 0.4) is 0 Å². The van der Waals surface area contributed by atoms with Crippen LogP contribution >= 0.6 is 0 Å². The normalized spacial score (nSPS) is 12.6. The first-order chi connectivity index (χ1) is 11.4. The molecule has 1 aromatic carbocycles. The number of hydrogen-bond donors (Lipinski definition) is 3. The zero-order valence-corrected chi connectivity index (χ0v) is 16.9. The molecule has 2 amide bonds. The van der Waals surface area contributed by atoms with E-state index in [1.807, 2.05) is 38.1 Å². The van der Waals surface area contributed by atoms with E-state index in [4.69, 9.17) is 5.11 Å². The van der Waals surface area contributed by atoms with Gasteiger partial charge in [-0.05, 0) is 44.9 Å². The number of amides is 2. The van der Waals surface area contributed by atoms with Crippen LogP contribution in [0.15, 0.2) is 24.3 Å². The van der Waals surface area contributed by atoms with Crippen molar-refractivity contribution in [3.05, 3.63) is 35.4 Å². The number of benzene rings is 1. The van der Waals surface area contributed by atoms with E-state index in [1.54, 1.807) is 0 Å². The first-order valence-corrected chi connectivity index (χ1v) is 11.8. The maximum Gasteiger partial charge on any atom is 0.405 e. The molecular formula is C19H28N2O3Si. The first kappa shape index (κ1) is 20.8. The van der Waals surface area contributed by atoms with Crippen LogP contribution in [0.1, 0.15) is 31.9 Å². The molecule has 0 spiro atoms. The summed E-state index contributed by atoms with van der Waals surface area (Å²) in [6.45, 7) is 12.0. The number of nitrogens with one attached hydrogen (secondary N) is 2. The third kappa shape index (κ3) is 8.41. The third-order valence-electron chi connectivity index (χ3n) is 3.38. The van der Waals surface area contributed by atoms with E-state index in [-0.39, 0.29) is 5.91 Å². The summed E-state index contributed by atoms with van der Waals surface area (Å²) in [4.78, 5) is 22.7. The largest absolute Gasteiger partial charge is 0.465 e. The molecule has 0 aromatic heterocycles. The van der Waals surface area contributed by atoms with Crippen LogP contribution in [0.25, 0.3) is 0 Å². The van der Waals surface area contributed by atoms with E-state index in [2.05, 4.69) is 41.7 Å². The summed E-state index contributed by atoms with van der Waals surface area (Å²) in [5, 5.41) is 13.7. The van der Waals surface area contributed by atoms with Crippen molar-refractivity contribution in [2.24, 2.45) is 0 Å². The van der Waals surface area contributed by atoms with E-state index >= 15 is 0 Å². The molecule has 136 valence electrons. The lowest BCUT2D eigenvalue weighted by atomic mass is 9.94. The van der Waals surface area contributed by atoms with Gasteiger partial charge in [-0.3, -0.25) is 4.79 Å². The van der Waals surface area contributed by atoms with Crippen molar-refractivity contribution in [3.63, 3.8) is 0 Å². The SMILES string of the molecule is CC(NC(=O)O)C(=O)NC(C)(C)Cc1ccc(C#C[Si](C)(C)C)cc1. The van der Waals surface area contributed by atoms with E-state index in [9.17, 15) is 9.59 Å². The molecule has 0 aliphatic rings. The second-order valence-corrected chi connectivity index (χ2v) is 12.7. The van der Waals surface area contributed by atoms with Crippen molar-refractivity contribution < 1.29 is 14.7 Å². The van der Waals surface area contributed by atoms with Crippen molar-refractivity contribution in [1.29, 1.82) is 0 Å². The summed E-state index contributed by atoms with van der Waals surface area (Å²) in [7, 11) is -1.39. The number of rotatable bonds is 5. The van der Waals surface area contributed by atoms with Gasteiger partial charge in [-0.15, -0.1) is 5.54 Å². The molecule has 0 aliphatic heterocycles. The molecule has 1 atom stereocenters. The minimum Gasteiger partial charge on any atom is -0.465 e. The predicted molar refractivity (Wildman–Crippen MR) is 103 cm³/mol. The van der Waals surface area contributed by atoms with Gasteiger partial charge in [0, 0.05) is 11.1 Å². The minimum atomic E-state index is -1.39. The molecule has 5 nitrogen and oxygen atoms in total. The Bertz CT molecular complexity index is 679. The Labute approximate surface area is 151 Å². The summed E-state index contributed by atoms with van der Waals surface area (Å²) in [6, 6.07) is 7.22. The minimum absolute atomic E-state index is 0.343. The van der Waals surface area contributed by atoms with Crippen LogP contribution in [0.2, 0.25) is 19.6 Å². The summed E-state index contributed by atoms with van der Waals surface area (Å²) in [5.74, 6) is 2.88. The number of carbonyl (C=O) groups is 2. The van der Waals surface area contributed by atoms with Gasteiger partial charge in [0.25, 0.3) is 0 Å². The predicted octanol–water partition coefficient (Wildman–Crippen LogP) is 3.01. The molecule has 0 bridgehead atoms. The van der Waals surface area contributed by atoms with Crippen LogP contribution in [-0.4, -0.2) is 36.8 Å². The molecular weight excluding hydrogens is 332 g/mol. The molecule has 0 saturated heterocycles. The van der Waals surface area contributed by atoms with Crippen molar-refractivity contribution in [1.82, 2.24) is 10.6 Å². The number of carboxylic acid groups (broad SMARTS) is 1. The lowest BCUT2D eigenvalue weighted by molar-refractivity contribution is -0.124. The van der Waals surface area contributed by atoms with Crippen molar-refractivity contribution in [2.45, 2.75) is 58.4 Å². The molecule has 0 heterocycles. The van der Waals surface area contributed by atoms with Crippen LogP contribution in [0.5, 0.6) is 0 Å². The van der Waals surface area contributed by atoms with Crippen molar-refractivity contribution >= 4 is 20.1 Å². The highest BCUT2D eigenvalue weighted by molar-refractivity contribution is 6.83. The van der Waals surface area contributed by atoms with Crippen LogP contribution in [0, 0.1) is 11.5 Å². The van der Waals surface area contributed by atoms with Gasteiger partial charge < -0.3 is 15.7 Å². The van der Waals surface area contributed by atoms with Gasteiger partial charge in [-0.1, -0.05) is 37.7 Å². The standard InChI is InChI=1S/C19H28N2O3Si/c1-14(20-18(23)24)17(22)21-19(2,3)13-16-9-7-15(8-10-16)11-12-25(4,5)6/h7-10,14,20H,13H2,1-6H3,(H,21,22)(H,23,24). The van der Waals surface area contributed by atoms with Crippen LogP contribution in [0.4, 0.5) is 4.79 Å². The zero-order chi connectivity index (χ0) is 19.3. The third-order valence-corrected chi connectivity index (χ3v) is 4.25. The van der Waals surface area contributed by atoms with Crippen molar-refractivity contribution in [2.75, 3.05) is 0 Å². The number of carbonyl (C=O) groups excluding carboxylic acids is 1. The van der Waals surface area contributed by atoms with Crippen molar-refractivity contribution in [3.8, 4) is 11.5 Å². The smallest absolute Gasteiger partial charge is 0.405 e. The molecule has 3 N–H and O–H groups in total. The summed E-state index contributed by atoms with van der Waals surface area (Å²) in [5.41, 5.74) is 4.93. The lowest BCUT2D eigenvalue weighted by Gasteiger charge is -2.28. The van der Waals surface area contributed by atoms with Crippen LogP contribution < -0.4 is 10.6 Å². The zero-order valence-electron chi connectivity index (χ0n) is 15.9. The quantitative estimate of drug-likeness (QED) is 0.558. The first-order valence-electron chi connectivity index (χ1n) is 8.32. The average Bonchev–Trinajstić information content (AvgIpc) is 2.44. The monoisotopic (exact) mass is 360 g/mol. The van der Waals surface area contributed by atoms with E-state index in [1.165, 1.54) is 6.92 Å². The van der Waals surface area contributed by atoms with E-state index < -0.39 is 25.7 Å². The molecule has 6 heteroatoms. The maximum absolute atomic E-state index is 12.1. The summed E-state index contributed by atoms with van der Waals surface area (Å²) >= 11 is 0. The van der Waals surface area contributed by atoms with Gasteiger partial charge in [-0.2, -0.15) is 0 Å². The maximum atomic E-state index is 12.1. The Morgan fingerprint density at radius 2 is 1.76 bits per heavy atom. The second kappa shape index (κ2) is 8.21. The van der Waals surface area contributed by atoms with Gasteiger partial charge in [0.1, 0.15) is 14.1 Å². The Kier molecular flexibility index (Phi) is 6.83. The highest BCUT2D eigenvalue weighted by atomic mass is 28.3. The fourth-order valence-corrected chi connectivity index (χ4v) is 2.73. The Morgan fingerprint density at radius 3 is 2.24 bits per heavy atom. The van der Waals surface area contributed by atoms with Crippen LogP contribution in [-0.2, 0) is 11.2 Å². The second-order valence-electron chi connectivity index (χ2n) is 7.92. The highest BCUT2D eigenvalue weighted by Gasteiger charge is 2.24. The molecule has 0 aliphatic carbocycles. The molecule has 1 aromatic rings. The fourth-order valence-electron chi connectivity index (χ4n) is 2.21. The molecule has 25 heavy (non-hydrogen) atoms. The van der Waals surface area contributed by atoms with Gasteiger partial charge in [-0.25, -0.2) is 4.79 Å². The van der Waals surface area contributed by atoms with Gasteiger partial charge >= 0.3 is 6.09 Å². The number of hydrogen-bond acceptors (Lipinski definition) is 2. The van der Waals surface area contributed by atoms with E-state index in [0.717, 1.165) is 11.1 Å². The lowest BCUT2D eigenvalue weighted by Crippen LogP contribution is -2.52. The Morgan fingerprint density at radius 1 is 1.20 bits per heavy atom. The summed E-state index contributed by atoms with van der Waals surface area (Å²) < 4.78 is 0. The fraction of sp³-hybridized carbons (Fsp3) is 0.474. The van der Waals surface area contributed by atoms with Gasteiger partial charge in [0.05, 0.1) is 0 Å². The van der Waals surface area contributed by atoms with Gasteiger partial charge in [0.15, 0.2) is 0 Å². The topological polar surface area (TPSA) is 78.4 Å². The van der Waals surface area contributed by atoms with Gasteiger partial charge in [0.2, 0.25) is 5.91 Å². The highest BCUT2D eigenvalue weighted by Crippen LogP contribution is 2.14.